The van der Waals surface area contributed by atoms with Crippen LogP contribution in [0.25, 0.3) is 0 Å². The van der Waals surface area contributed by atoms with Crippen molar-refractivity contribution >= 4 is 0 Å². The van der Waals surface area contributed by atoms with Gasteiger partial charge in [0.2, 0.25) is 0 Å². The molecule has 1 N–H and O–H groups in total. The summed E-state index contributed by atoms with van der Waals surface area (Å²) in [6.45, 7) is 4.35. The highest BCUT2D eigenvalue weighted by atomic mass is 15.0. The number of nitrogens with one attached hydrogen (secondary N) is 1. The molecule has 0 spiro atoms. The third kappa shape index (κ3) is 3.34. The summed E-state index contributed by atoms with van der Waals surface area (Å²) in [4.78, 5) is 4.23. The van der Waals surface area contributed by atoms with Crippen molar-refractivity contribution in [3.8, 4) is 0 Å². The molecule has 3 nitrogen and oxygen atoms in total. The first-order valence-corrected chi connectivity index (χ1v) is 6.57. The van der Waals surface area contributed by atoms with Crippen molar-refractivity contribution in [3.05, 3.63) is 18.2 Å². The highest BCUT2D eigenvalue weighted by Gasteiger charge is 2.12. The van der Waals surface area contributed by atoms with Crippen molar-refractivity contribution in [2.75, 3.05) is 6.54 Å². The summed E-state index contributed by atoms with van der Waals surface area (Å²) < 4.78 is 2.23. The second-order valence-electron chi connectivity index (χ2n) is 4.81. The quantitative estimate of drug-likeness (QED) is 0.748. The molecule has 1 saturated carbocycles. The van der Waals surface area contributed by atoms with Gasteiger partial charge in [-0.25, -0.2) is 4.98 Å². The zero-order valence-electron chi connectivity index (χ0n) is 10.3. The first kappa shape index (κ1) is 11.6. The molecule has 0 aromatic carbocycles. The Morgan fingerprint density at radius 1 is 1.38 bits per heavy atom. The highest BCUT2D eigenvalue weighted by molar-refractivity contribution is 4.88. The lowest BCUT2D eigenvalue weighted by molar-refractivity contribution is 0.493. The number of hydrogen-bond donors (Lipinski definition) is 1. The predicted octanol–water partition coefficient (Wildman–Crippen LogP) is 2.50. The maximum absolute atomic E-state index is 4.23. The minimum Gasteiger partial charge on any atom is -0.335 e. The fraction of sp³-hybridized carbons (Fsp3) is 0.769. The van der Waals surface area contributed by atoms with Gasteiger partial charge in [0.25, 0.3) is 0 Å². The standard InChI is InChI=1S/C13H23N3/c1-12-14-9-11-16(12)10-5-4-8-15-13-6-2-3-7-13/h9,11,13,15H,2-8,10H2,1H3. The van der Waals surface area contributed by atoms with Crippen molar-refractivity contribution in [3.63, 3.8) is 0 Å². The van der Waals surface area contributed by atoms with Gasteiger partial charge in [0, 0.05) is 25.0 Å². The maximum atomic E-state index is 4.23. The van der Waals surface area contributed by atoms with Crippen molar-refractivity contribution in [1.82, 2.24) is 14.9 Å². The van der Waals surface area contributed by atoms with Crippen LogP contribution < -0.4 is 5.32 Å². The van der Waals surface area contributed by atoms with E-state index < -0.39 is 0 Å². The molecule has 0 unspecified atom stereocenters. The Kier molecular flexibility index (Phi) is 4.40. The fourth-order valence-corrected chi connectivity index (χ4v) is 2.48. The molecule has 90 valence electrons. The molecule has 0 amide bonds. The lowest BCUT2D eigenvalue weighted by Crippen LogP contribution is -2.27. The second-order valence-corrected chi connectivity index (χ2v) is 4.81. The molecule has 2 rings (SSSR count). The van der Waals surface area contributed by atoms with Crippen LogP contribution in [0.3, 0.4) is 0 Å². The van der Waals surface area contributed by atoms with Gasteiger partial charge in [-0.15, -0.1) is 0 Å². The number of aromatic nitrogens is 2. The molecular formula is C13H23N3. The van der Waals surface area contributed by atoms with Crippen molar-refractivity contribution < 1.29 is 0 Å². The van der Waals surface area contributed by atoms with Crippen LogP contribution in [0, 0.1) is 6.92 Å². The zero-order valence-corrected chi connectivity index (χ0v) is 10.3. The number of hydrogen-bond acceptors (Lipinski definition) is 2. The highest BCUT2D eigenvalue weighted by Crippen LogP contribution is 2.17. The first-order chi connectivity index (χ1) is 7.86. The Labute approximate surface area is 98.3 Å². The van der Waals surface area contributed by atoms with Crippen LogP contribution in [0.15, 0.2) is 12.4 Å². The Hall–Kier alpha value is -0.830. The van der Waals surface area contributed by atoms with Gasteiger partial charge in [-0.05, 0) is 39.2 Å². The molecule has 1 aliphatic carbocycles. The van der Waals surface area contributed by atoms with Crippen LogP contribution in [0.2, 0.25) is 0 Å². The predicted molar refractivity (Wildman–Crippen MR) is 66.5 cm³/mol. The number of rotatable bonds is 6. The molecule has 1 fully saturated rings. The normalized spacial score (nSPS) is 17.1. The number of nitrogens with zero attached hydrogens (tertiary/aromatic N) is 2. The average Bonchev–Trinajstić information content (AvgIpc) is 2.90. The van der Waals surface area contributed by atoms with Gasteiger partial charge in [0.05, 0.1) is 0 Å². The molecule has 16 heavy (non-hydrogen) atoms. The first-order valence-electron chi connectivity index (χ1n) is 6.57. The fourth-order valence-electron chi connectivity index (χ4n) is 2.48. The average molecular weight is 221 g/mol. The molecule has 1 heterocycles. The molecule has 0 radical (unpaired) electrons. The van der Waals surface area contributed by atoms with E-state index in [1.54, 1.807) is 0 Å². The monoisotopic (exact) mass is 221 g/mol. The molecule has 0 saturated heterocycles. The second kappa shape index (κ2) is 6.04. The maximum Gasteiger partial charge on any atom is 0.105 e. The summed E-state index contributed by atoms with van der Waals surface area (Å²) >= 11 is 0. The van der Waals surface area contributed by atoms with Crippen LogP contribution in [-0.4, -0.2) is 22.1 Å². The largest absolute Gasteiger partial charge is 0.335 e. The molecular weight excluding hydrogens is 198 g/mol. The number of imidazole rings is 1. The van der Waals surface area contributed by atoms with Gasteiger partial charge in [0.1, 0.15) is 5.82 Å². The van der Waals surface area contributed by atoms with E-state index in [2.05, 4.69) is 28.0 Å². The Balaban J connectivity index is 1.53. The van der Waals surface area contributed by atoms with Crippen molar-refractivity contribution in [1.29, 1.82) is 0 Å². The van der Waals surface area contributed by atoms with Gasteiger partial charge in [-0.3, -0.25) is 0 Å². The van der Waals surface area contributed by atoms with Crippen LogP contribution in [0.4, 0.5) is 0 Å². The van der Waals surface area contributed by atoms with Gasteiger partial charge in [0.15, 0.2) is 0 Å². The minimum atomic E-state index is 0.815. The van der Waals surface area contributed by atoms with E-state index in [-0.39, 0.29) is 0 Å². The summed E-state index contributed by atoms with van der Waals surface area (Å²) in [6.07, 6.45) is 12.1. The molecule has 1 aromatic rings. The molecule has 3 heteroatoms. The van der Waals surface area contributed by atoms with Crippen LogP contribution >= 0.6 is 0 Å². The topological polar surface area (TPSA) is 29.9 Å². The summed E-state index contributed by atoms with van der Waals surface area (Å²) in [5, 5.41) is 3.65. The third-order valence-corrected chi connectivity index (χ3v) is 3.54. The van der Waals surface area contributed by atoms with E-state index in [9.17, 15) is 0 Å². The lowest BCUT2D eigenvalue weighted by atomic mass is 10.2. The molecule has 1 aromatic heterocycles. The van der Waals surface area contributed by atoms with E-state index in [0.717, 1.165) is 18.4 Å². The molecule has 0 bridgehead atoms. The van der Waals surface area contributed by atoms with Gasteiger partial charge in [-0.2, -0.15) is 0 Å². The summed E-state index contributed by atoms with van der Waals surface area (Å²) in [5.74, 6) is 1.13. The minimum absolute atomic E-state index is 0.815. The van der Waals surface area contributed by atoms with Gasteiger partial charge >= 0.3 is 0 Å². The van der Waals surface area contributed by atoms with Crippen LogP contribution in [0.1, 0.15) is 44.3 Å². The Morgan fingerprint density at radius 3 is 2.88 bits per heavy atom. The Morgan fingerprint density at radius 2 is 2.19 bits per heavy atom. The lowest BCUT2D eigenvalue weighted by Gasteiger charge is -2.11. The summed E-state index contributed by atoms with van der Waals surface area (Å²) in [5.41, 5.74) is 0. The van der Waals surface area contributed by atoms with E-state index >= 15 is 0 Å². The third-order valence-electron chi connectivity index (χ3n) is 3.54. The molecule has 1 aliphatic rings. The summed E-state index contributed by atoms with van der Waals surface area (Å²) in [7, 11) is 0. The SMILES string of the molecule is Cc1nccn1CCCCNC1CCCC1. The van der Waals surface area contributed by atoms with E-state index in [0.29, 0.717) is 0 Å². The van der Waals surface area contributed by atoms with Gasteiger partial charge < -0.3 is 9.88 Å². The van der Waals surface area contributed by atoms with Gasteiger partial charge in [-0.1, -0.05) is 12.8 Å². The number of unbranched alkanes of at least 4 members (excludes halogenated alkanes) is 1. The van der Waals surface area contributed by atoms with Crippen molar-refractivity contribution in [2.45, 2.75) is 58.0 Å². The van der Waals surface area contributed by atoms with E-state index in [4.69, 9.17) is 0 Å². The molecule has 0 atom stereocenters. The number of aryl methyl sites for hydroxylation is 2. The van der Waals surface area contributed by atoms with Crippen LogP contribution in [-0.2, 0) is 6.54 Å². The van der Waals surface area contributed by atoms with Crippen molar-refractivity contribution in [2.24, 2.45) is 0 Å². The van der Waals surface area contributed by atoms with E-state index in [1.807, 2.05) is 6.20 Å². The summed E-state index contributed by atoms with van der Waals surface area (Å²) in [6, 6.07) is 0.815. The Bertz CT molecular complexity index is 300. The smallest absolute Gasteiger partial charge is 0.105 e. The zero-order chi connectivity index (χ0) is 11.2. The van der Waals surface area contributed by atoms with Crippen LogP contribution in [0.5, 0.6) is 0 Å². The van der Waals surface area contributed by atoms with E-state index in [1.165, 1.54) is 45.1 Å². The molecule has 0 aliphatic heterocycles.